The Balaban J connectivity index is 1.78. The van der Waals surface area contributed by atoms with Gasteiger partial charge in [0.05, 0.1) is 10.5 Å². The second kappa shape index (κ2) is 6.03. The van der Waals surface area contributed by atoms with Gasteiger partial charge in [-0.1, -0.05) is 36.4 Å². The molecule has 0 N–H and O–H groups in total. The first-order valence-electron chi connectivity index (χ1n) is 8.31. The number of hydrogen-bond donors (Lipinski definition) is 0. The van der Waals surface area contributed by atoms with Crippen molar-refractivity contribution in [1.82, 2.24) is 9.97 Å². The maximum atomic E-state index is 6.70. The van der Waals surface area contributed by atoms with Crippen LogP contribution >= 0.6 is 11.6 Å². The lowest BCUT2D eigenvalue weighted by molar-refractivity contribution is 0.574. The van der Waals surface area contributed by atoms with Gasteiger partial charge in [0, 0.05) is 23.0 Å². The van der Waals surface area contributed by atoms with E-state index in [4.69, 9.17) is 16.6 Å². The van der Waals surface area contributed by atoms with Crippen LogP contribution in [0.15, 0.2) is 43.1 Å². The fourth-order valence-corrected chi connectivity index (χ4v) is 4.00. The van der Waals surface area contributed by atoms with Gasteiger partial charge in [-0.25, -0.2) is 0 Å². The molecule has 0 fully saturated rings. The molecule has 3 aromatic rings. The van der Waals surface area contributed by atoms with E-state index in [9.17, 15) is 0 Å². The molecule has 24 heavy (non-hydrogen) atoms. The van der Waals surface area contributed by atoms with Gasteiger partial charge in [0.15, 0.2) is 0 Å². The first-order chi connectivity index (χ1) is 11.7. The molecule has 0 spiro atoms. The molecule has 0 amide bonds. The highest BCUT2D eigenvalue weighted by Gasteiger charge is 2.24. The summed E-state index contributed by atoms with van der Waals surface area (Å²) in [6.45, 7) is 5.88. The highest BCUT2D eigenvalue weighted by Crippen LogP contribution is 2.38. The summed E-state index contributed by atoms with van der Waals surface area (Å²) in [5.74, 6) is 0.489. The molecule has 2 heterocycles. The van der Waals surface area contributed by atoms with Gasteiger partial charge in [-0.05, 0) is 67.0 Å². The number of benzene rings is 1. The lowest BCUT2D eigenvalue weighted by Gasteiger charge is -2.26. The van der Waals surface area contributed by atoms with Crippen LogP contribution in [-0.2, 0) is 12.8 Å². The van der Waals surface area contributed by atoms with Crippen molar-refractivity contribution in [1.29, 1.82) is 0 Å². The lowest BCUT2D eigenvalue weighted by Crippen LogP contribution is -2.15. The van der Waals surface area contributed by atoms with Gasteiger partial charge in [-0.3, -0.25) is 9.97 Å². The van der Waals surface area contributed by atoms with E-state index in [-0.39, 0.29) is 0 Å². The highest BCUT2D eigenvalue weighted by molar-refractivity contribution is 6.36. The SMILES string of the molecule is C=Cc1ccc2c(Cl)c3c(nc2c1)CC(c1ccnc(C)c1)CC3. The summed E-state index contributed by atoms with van der Waals surface area (Å²) < 4.78 is 0. The van der Waals surface area contributed by atoms with Gasteiger partial charge < -0.3 is 0 Å². The van der Waals surface area contributed by atoms with Crippen molar-refractivity contribution >= 4 is 28.6 Å². The summed E-state index contributed by atoms with van der Waals surface area (Å²) in [7, 11) is 0. The topological polar surface area (TPSA) is 25.8 Å². The van der Waals surface area contributed by atoms with Crippen LogP contribution in [0.4, 0.5) is 0 Å². The fourth-order valence-electron chi connectivity index (χ4n) is 3.64. The molecule has 2 aromatic heterocycles. The van der Waals surface area contributed by atoms with Crippen molar-refractivity contribution in [2.45, 2.75) is 32.1 Å². The zero-order valence-electron chi connectivity index (χ0n) is 13.7. The van der Waals surface area contributed by atoms with Crippen LogP contribution in [0.1, 0.15) is 40.4 Å². The van der Waals surface area contributed by atoms with E-state index in [1.165, 1.54) is 11.1 Å². The van der Waals surface area contributed by atoms with Crippen LogP contribution in [0.5, 0.6) is 0 Å². The first kappa shape index (κ1) is 15.3. The van der Waals surface area contributed by atoms with Crippen LogP contribution < -0.4 is 0 Å². The molecular weight excluding hydrogens is 316 g/mol. The number of fused-ring (bicyclic) bond motifs is 2. The van der Waals surface area contributed by atoms with Gasteiger partial charge in [-0.15, -0.1) is 0 Å². The van der Waals surface area contributed by atoms with E-state index in [2.05, 4.69) is 35.8 Å². The number of halogens is 1. The molecule has 0 aliphatic heterocycles. The van der Waals surface area contributed by atoms with Crippen molar-refractivity contribution in [2.75, 3.05) is 0 Å². The number of aromatic nitrogens is 2. The van der Waals surface area contributed by atoms with Crippen molar-refractivity contribution in [3.63, 3.8) is 0 Å². The van der Waals surface area contributed by atoms with E-state index in [1.54, 1.807) is 0 Å². The van der Waals surface area contributed by atoms with Gasteiger partial charge in [0.2, 0.25) is 0 Å². The van der Waals surface area contributed by atoms with E-state index in [0.717, 1.165) is 52.1 Å². The second-order valence-corrected chi connectivity index (χ2v) is 6.88. The number of rotatable bonds is 2. The average Bonchev–Trinajstić information content (AvgIpc) is 2.61. The lowest BCUT2D eigenvalue weighted by atomic mass is 9.82. The quantitative estimate of drug-likeness (QED) is 0.617. The summed E-state index contributed by atoms with van der Waals surface area (Å²) in [6, 6.07) is 10.5. The van der Waals surface area contributed by atoms with Crippen LogP contribution in [0, 0.1) is 6.92 Å². The molecule has 2 nitrogen and oxygen atoms in total. The maximum absolute atomic E-state index is 6.70. The molecule has 0 bridgehead atoms. The summed E-state index contributed by atoms with van der Waals surface area (Å²) in [5.41, 5.74) is 6.81. The van der Waals surface area contributed by atoms with Crippen LogP contribution in [-0.4, -0.2) is 9.97 Å². The monoisotopic (exact) mass is 334 g/mol. The van der Waals surface area contributed by atoms with Crippen molar-refractivity contribution in [3.05, 3.63) is 76.2 Å². The third-order valence-corrected chi connectivity index (χ3v) is 5.37. The molecule has 1 aromatic carbocycles. The zero-order chi connectivity index (χ0) is 16.7. The zero-order valence-corrected chi connectivity index (χ0v) is 14.5. The summed E-state index contributed by atoms with van der Waals surface area (Å²) in [4.78, 5) is 9.24. The van der Waals surface area contributed by atoms with Gasteiger partial charge in [0.1, 0.15) is 0 Å². The Hall–Kier alpha value is -2.19. The highest BCUT2D eigenvalue weighted by atomic mass is 35.5. The Bertz CT molecular complexity index is 946. The molecular formula is C21H19ClN2. The predicted molar refractivity (Wildman–Crippen MR) is 101 cm³/mol. The first-order valence-corrected chi connectivity index (χ1v) is 8.69. The van der Waals surface area contributed by atoms with Crippen LogP contribution in [0.25, 0.3) is 17.0 Å². The molecule has 1 unspecified atom stereocenters. The standard InChI is InChI=1S/C21H19ClN2/c1-3-14-4-6-17-19(11-14)24-20-12-15(5-7-18(20)21(17)22)16-8-9-23-13(2)10-16/h3-4,6,8-11,15H,1,5,7,12H2,2H3. The third-order valence-electron chi connectivity index (χ3n) is 4.94. The predicted octanol–water partition coefficient (Wildman–Crippen LogP) is 5.51. The Morgan fingerprint density at radius 1 is 1.25 bits per heavy atom. The average molecular weight is 335 g/mol. The Labute approximate surface area is 147 Å². The number of nitrogens with zero attached hydrogens (tertiary/aromatic N) is 2. The normalized spacial score (nSPS) is 16.8. The number of hydrogen-bond acceptors (Lipinski definition) is 2. The molecule has 1 aliphatic carbocycles. The molecule has 3 heteroatoms. The van der Waals surface area contributed by atoms with E-state index >= 15 is 0 Å². The van der Waals surface area contributed by atoms with E-state index < -0.39 is 0 Å². The molecule has 0 radical (unpaired) electrons. The van der Waals surface area contributed by atoms with Crippen LogP contribution in [0.3, 0.4) is 0 Å². The summed E-state index contributed by atoms with van der Waals surface area (Å²) in [5, 5.41) is 1.91. The van der Waals surface area contributed by atoms with Gasteiger partial charge in [-0.2, -0.15) is 0 Å². The minimum Gasteiger partial charge on any atom is -0.262 e. The summed E-state index contributed by atoms with van der Waals surface area (Å²) >= 11 is 6.70. The molecule has 1 aliphatic rings. The molecule has 4 rings (SSSR count). The van der Waals surface area contributed by atoms with E-state index in [1.807, 2.05) is 25.3 Å². The largest absolute Gasteiger partial charge is 0.262 e. The fraction of sp³-hybridized carbons (Fsp3) is 0.238. The smallest absolute Gasteiger partial charge is 0.0726 e. The second-order valence-electron chi connectivity index (χ2n) is 6.50. The van der Waals surface area contributed by atoms with Crippen molar-refractivity contribution in [2.24, 2.45) is 0 Å². The minimum atomic E-state index is 0.489. The summed E-state index contributed by atoms with van der Waals surface area (Å²) in [6.07, 6.45) is 6.77. The van der Waals surface area contributed by atoms with E-state index in [0.29, 0.717) is 5.92 Å². The van der Waals surface area contributed by atoms with Gasteiger partial charge in [0.25, 0.3) is 0 Å². The Morgan fingerprint density at radius 2 is 2.12 bits per heavy atom. The number of pyridine rings is 2. The number of aryl methyl sites for hydroxylation is 1. The van der Waals surface area contributed by atoms with Crippen LogP contribution in [0.2, 0.25) is 5.02 Å². The van der Waals surface area contributed by atoms with Crippen molar-refractivity contribution in [3.8, 4) is 0 Å². The molecule has 1 atom stereocenters. The Morgan fingerprint density at radius 3 is 2.92 bits per heavy atom. The molecule has 120 valence electrons. The third kappa shape index (κ3) is 2.61. The Kier molecular flexibility index (Phi) is 3.85. The van der Waals surface area contributed by atoms with Gasteiger partial charge >= 0.3 is 0 Å². The maximum Gasteiger partial charge on any atom is 0.0726 e. The van der Waals surface area contributed by atoms with Crippen molar-refractivity contribution < 1.29 is 0 Å². The molecule has 0 saturated heterocycles. The minimum absolute atomic E-state index is 0.489. The molecule has 0 saturated carbocycles.